The van der Waals surface area contributed by atoms with Crippen molar-refractivity contribution in [3.63, 3.8) is 0 Å². The molecule has 1 aliphatic heterocycles. The zero-order valence-electron chi connectivity index (χ0n) is 15.7. The fourth-order valence-corrected chi connectivity index (χ4v) is 3.30. The van der Waals surface area contributed by atoms with Crippen LogP contribution in [0.5, 0.6) is 0 Å². The molecular weight excluding hydrogens is 346 g/mol. The molecule has 3 nitrogen and oxygen atoms in total. The van der Waals surface area contributed by atoms with E-state index in [2.05, 4.69) is 0 Å². The van der Waals surface area contributed by atoms with Crippen molar-refractivity contribution in [1.29, 1.82) is 0 Å². The van der Waals surface area contributed by atoms with Gasteiger partial charge in [0.25, 0.3) is 0 Å². The molecule has 1 aliphatic rings. The normalized spacial score (nSPS) is 19.3. The molecule has 0 aromatic heterocycles. The summed E-state index contributed by atoms with van der Waals surface area (Å²) < 4.78 is 12.5. The number of hydrogen-bond acceptors (Lipinski definition) is 3. The summed E-state index contributed by atoms with van der Waals surface area (Å²) in [4.78, 5) is 12.8. The first-order valence-electron chi connectivity index (χ1n) is 8.89. The van der Waals surface area contributed by atoms with Crippen molar-refractivity contribution in [2.45, 2.75) is 51.1 Å². The minimum atomic E-state index is -0.508. The SMILES string of the molecule is CC1(C)OB(C(CC(=O)c2ccccc2)c2cccc(Cl)c2)OC1(C)C. The van der Waals surface area contributed by atoms with Crippen molar-refractivity contribution in [2.75, 3.05) is 0 Å². The number of carbonyl (C=O) groups is 1. The summed E-state index contributed by atoms with van der Waals surface area (Å²) in [6.07, 6.45) is 0.293. The minimum Gasteiger partial charge on any atom is -0.403 e. The van der Waals surface area contributed by atoms with Gasteiger partial charge in [0, 0.05) is 22.8 Å². The molecule has 3 rings (SSSR count). The summed E-state index contributed by atoms with van der Waals surface area (Å²) in [7, 11) is -0.508. The Bertz CT molecular complexity index is 773. The van der Waals surface area contributed by atoms with Gasteiger partial charge >= 0.3 is 7.12 Å². The lowest BCUT2D eigenvalue weighted by Gasteiger charge is -2.32. The lowest BCUT2D eigenvalue weighted by atomic mass is 9.65. The van der Waals surface area contributed by atoms with Crippen LogP contribution in [0, 0.1) is 0 Å². The van der Waals surface area contributed by atoms with Crippen molar-refractivity contribution < 1.29 is 14.1 Å². The van der Waals surface area contributed by atoms with E-state index < -0.39 is 18.3 Å². The van der Waals surface area contributed by atoms with Gasteiger partial charge in [-0.15, -0.1) is 0 Å². The summed E-state index contributed by atoms with van der Waals surface area (Å²) in [5.41, 5.74) is 0.727. The van der Waals surface area contributed by atoms with Gasteiger partial charge in [-0.3, -0.25) is 4.79 Å². The van der Waals surface area contributed by atoms with Crippen LogP contribution in [-0.2, 0) is 9.31 Å². The van der Waals surface area contributed by atoms with Gasteiger partial charge in [0.15, 0.2) is 5.78 Å². The number of halogens is 1. The van der Waals surface area contributed by atoms with E-state index in [1.807, 2.05) is 82.3 Å². The summed E-state index contributed by atoms with van der Waals surface area (Å²) in [5, 5.41) is 0.635. The number of benzene rings is 2. The molecule has 0 spiro atoms. The molecule has 1 fully saturated rings. The van der Waals surface area contributed by atoms with Gasteiger partial charge in [-0.1, -0.05) is 54.1 Å². The third-order valence-corrected chi connectivity index (χ3v) is 5.61. The van der Waals surface area contributed by atoms with E-state index in [1.165, 1.54) is 0 Å². The Balaban J connectivity index is 1.92. The van der Waals surface area contributed by atoms with Gasteiger partial charge < -0.3 is 9.31 Å². The molecule has 0 N–H and O–H groups in total. The number of carbonyl (C=O) groups excluding carboxylic acids is 1. The highest BCUT2D eigenvalue weighted by molar-refractivity contribution is 6.48. The first-order chi connectivity index (χ1) is 12.2. The molecule has 26 heavy (non-hydrogen) atoms. The molecule has 1 saturated heterocycles. The number of ketones is 1. The topological polar surface area (TPSA) is 35.5 Å². The molecule has 0 bridgehead atoms. The monoisotopic (exact) mass is 370 g/mol. The molecule has 1 unspecified atom stereocenters. The fourth-order valence-electron chi connectivity index (χ4n) is 3.10. The zero-order chi connectivity index (χ0) is 18.9. The Labute approximate surface area is 160 Å². The van der Waals surface area contributed by atoms with Crippen LogP contribution < -0.4 is 0 Å². The molecule has 0 radical (unpaired) electrons. The highest BCUT2D eigenvalue weighted by atomic mass is 35.5. The van der Waals surface area contributed by atoms with Crippen LogP contribution in [0.2, 0.25) is 5.02 Å². The maximum Gasteiger partial charge on any atom is 0.466 e. The molecule has 136 valence electrons. The molecule has 5 heteroatoms. The largest absolute Gasteiger partial charge is 0.466 e. The van der Waals surface area contributed by atoms with Crippen LogP contribution in [-0.4, -0.2) is 24.1 Å². The predicted molar refractivity (Wildman–Crippen MR) is 106 cm³/mol. The summed E-state index contributed by atoms with van der Waals surface area (Å²) in [6.45, 7) is 8.06. The summed E-state index contributed by atoms with van der Waals surface area (Å²) >= 11 is 6.19. The fraction of sp³-hybridized carbons (Fsp3) is 0.381. The predicted octanol–water partition coefficient (Wildman–Crippen LogP) is 5.33. The van der Waals surface area contributed by atoms with E-state index in [1.54, 1.807) is 0 Å². The quantitative estimate of drug-likeness (QED) is 0.527. The van der Waals surface area contributed by atoms with Gasteiger partial charge in [0.1, 0.15) is 0 Å². The van der Waals surface area contributed by atoms with E-state index >= 15 is 0 Å². The van der Waals surface area contributed by atoms with Gasteiger partial charge in [-0.2, -0.15) is 0 Å². The lowest BCUT2D eigenvalue weighted by Crippen LogP contribution is -2.41. The second kappa shape index (κ2) is 7.18. The highest BCUT2D eigenvalue weighted by Gasteiger charge is 2.54. The average Bonchev–Trinajstić information content (AvgIpc) is 2.80. The van der Waals surface area contributed by atoms with E-state index in [9.17, 15) is 4.79 Å². The van der Waals surface area contributed by atoms with Crippen molar-refractivity contribution in [3.8, 4) is 0 Å². The van der Waals surface area contributed by atoms with Crippen LogP contribution in [0.4, 0.5) is 0 Å². The molecule has 0 saturated carbocycles. The first kappa shape index (κ1) is 19.2. The molecule has 2 aromatic carbocycles. The average molecular weight is 371 g/mol. The van der Waals surface area contributed by atoms with Crippen molar-refractivity contribution in [2.24, 2.45) is 0 Å². The van der Waals surface area contributed by atoms with Crippen LogP contribution >= 0.6 is 11.6 Å². The maximum absolute atomic E-state index is 12.8. The minimum absolute atomic E-state index is 0.0605. The number of Topliss-reactive ketones (excluding diaryl/α,β-unsaturated/α-hetero) is 1. The highest BCUT2D eigenvalue weighted by Crippen LogP contribution is 2.42. The number of rotatable bonds is 5. The van der Waals surface area contributed by atoms with Gasteiger partial charge in [0.05, 0.1) is 11.2 Å². The van der Waals surface area contributed by atoms with Crippen molar-refractivity contribution in [3.05, 3.63) is 70.7 Å². The van der Waals surface area contributed by atoms with Crippen LogP contribution in [0.1, 0.15) is 55.9 Å². The Morgan fingerprint density at radius 3 is 2.19 bits per heavy atom. The van der Waals surface area contributed by atoms with E-state index in [4.69, 9.17) is 20.9 Å². The van der Waals surface area contributed by atoms with E-state index in [-0.39, 0.29) is 11.6 Å². The Morgan fingerprint density at radius 1 is 1.00 bits per heavy atom. The van der Waals surface area contributed by atoms with Crippen LogP contribution in [0.3, 0.4) is 0 Å². The standard InChI is InChI=1S/C21H24BClO3/c1-20(2)21(3,4)26-22(25-20)18(16-11-8-12-17(23)13-16)14-19(24)15-9-6-5-7-10-15/h5-13,18H,14H2,1-4H3. The number of hydrogen-bond donors (Lipinski definition) is 0. The lowest BCUT2D eigenvalue weighted by molar-refractivity contribution is 0.00578. The maximum atomic E-state index is 12.8. The zero-order valence-corrected chi connectivity index (χ0v) is 16.4. The van der Waals surface area contributed by atoms with E-state index in [0.29, 0.717) is 17.0 Å². The Kier molecular flexibility index (Phi) is 5.29. The third-order valence-electron chi connectivity index (χ3n) is 5.38. The molecular formula is C21H24BClO3. The Hall–Kier alpha value is -1.62. The van der Waals surface area contributed by atoms with E-state index in [0.717, 1.165) is 5.56 Å². The summed E-state index contributed by atoms with van der Waals surface area (Å²) in [5.74, 6) is -0.173. The van der Waals surface area contributed by atoms with Crippen LogP contribution in [0.25, 0.3) is 0 Å². The first-order valence-corrected chi connectivity index (χ1v) is 9.27. The van der Waals surface area contributed by atoms with Crippen LogP contribution in [0.15, 0.2) is 54.6 Å². The smallest absolute Gasteiger partial charge is 0.403 e. The van der Waals surface area contributed by atoms with Crippen molar-refractivity contribution >= 4 is 24.5 Å². The summed E-state index contributed by atoms with van der Waals surface area (Å²) in [6, 6.07) is 16.9. The Morgan fingerprint density at radius 2 is 1.62 bits per heavy atom. The second-order valence-corrected chi connectivity index (χ2v) is 8.22. The third kappa shape index (κ3) is 3.88. The molecule has 1 heterocycles. The van der Waals surface area contributed by atoms with Crippen molar-refractivity contribution in [1.82, 2.24) is 0 Å². The van der Waals surface area contributed by atoms with Gasteiger partial charge in [-0.25, -0.2) is 0 Å². The van der Waals surface area contributed by atoms with Gasteiger partial charge in [0.2, 0.25) is 0 Å². The second-order valence-electron chi connectivity index (χ2n) is 7.78. The molecule has 1 atom stereocenters. The van der Waals surface area contributed by atoms with Gasteiger partial charge in [-0.05, 0) is 45.4 Å². The molecule has 0 aliphatic carbocycles. The molecule has 0 amide bonds. The molecule has 2 aromatic rings.